The molecule has 0 bridgehead atoms. The van der Waals surface area contributed by atoms with Crippen LogP contribution in [-0.2, 0) is 20.8 Å². The Kier molecular flexibility index (Phi) is 4.24. The monoisotopic (exact) mass is 291 g/mol. The van der Waals surface area contributed by atoms with Gasteiger partial charge in [-0.05, 0) is 24.1 Å². The van der Waals surface area contributed by atoms with Crippen molar-refractivity contribution in [2.75, 3.05) is 40.1 Å². The number of benzene rings is 1. The Morgan fingerprint density at radius 2 is 1.95 bits per heavy atom. The van der Waals surface area contributed by atoms with Crippen molar-refractivity contribution < 1.29 is 19.0 Å². The van der Waals surface area contributed by atoms with Crippen molar-refractivity contribution in [3.8, 4) is 0 Å². The lowest BCUT2D eigenvalue weighted by Gasteiger charge is -2.43. The van der Waals surface area contributed by atoms with Crippen molar-refractivity contribution in [2.24, 2.45) is 0 Å². The fourth-order valence-corrected chi connectivity index (χ4v) is 3.06. The van der Waals surface area contributed by atoms with Crippen molar-refractivity contribution in [2.45, 2.75) is 18.5 Å². The molecule has 0 N–H and O–H groups in total. The van der Waals surface area contributed by atoms with E-state index in [2.05, 4.69) is 4.90 Å². The molecule has 114 valence electrons. The van der Waals surface area contributed by atoms with Gasteiger partial charge in [0.1, 0.15) is 0 Å². The van der Waals surface area contributed by atoms with E-state index in [4.69, 9.17) is 14.2 Å². The molecule has 21 heavy (non-hydrogen) atoms. The van der Waals surface area contributed by atoms with Crippen LogP contribution in [0.2, 0.25) is 0 Å². The fraction of sp³-hybridized carbons (Fsp3) is 0.562. The molecule has 1 atom stereocenters. The van der Waals surface area contributed by atoms with Crippen LogP contribution in [0, 0.1) is 0 Å². The van der Waals surface area contributed by atoms with Crippen LogP contribution in [0.4, 0.5) is 0 Å². The van der Waals surface area contributed by atoms with Gasteiger partial charge < -0.3 is 14.2 Å². The Morgan fingerprint density at radius 3 is 2.62 bits per heavy atom. The predicted octanol–water partition coefficient (Wildman–Crippen LogP) is 1.46. The lowest BCUT2D eigenvalue weighted by atomic mass is 9.95. The van der Waals surface area contributed by atoms with Crippen LogP contribution in [0.3, 0.4) is 0 Å². The van der Waals surface area contributed by atoms with Gasteiger partial charge in [0.2, 0.25) is 0 Å². The van der Waals surface area contributed by atoms with Crippen LogP contribution in [0.5, 0.6) is 0 Å². The van der Waals surface area contributed by atoms with Crippen LogP contribution in [0.1, 0.15) is 22.3 Å². The van der Waals surface area contributed by atoms with Gasteiger partial charge in [-0.1, -0.05) is 12.1 Å². The SMILES string of the molecule is COC(=O)c1ccc(CN2CCOC[C@@]23CCOC3)cc1. The van der Waals surface area contributed by atoms with Crippen molar-refractivity contribution in [3.63, 3.8) is 0 Å². The quantitative estimate of drug-likeness (QED) is 0.789. The van der Waals surface area contributed by atoms with Gasteiger partial charge in [0.15, 0.2) is 0 Å². The molecule has 2 saturated heterocycles. The summed E-state index contributed by atoms with van der Waals surface area (Å²) in [6, 6.07) is 7.62. The molecule has 5 heteroatoms. The number of esters is 1. The first-order valence-corrected chi connectivity index (χ1v) is 7.31. The summed E-state index contributed by atoms with van der Waals surface area (Å²) >= 11 is 0. The maximum absolute atomic E-state index is 11.5. The molecule has 0 unspecified atom stereocenters. The van der Waals surface area contributed by atoms with E-state index in [1.807, 2.05) is 24.3 Å². The molecule has 0 saturated carbocycles. The van der Waals surface area contributed by atoms with Crippen LogP contribution in [0.15, 0.2) is 24.3 Å². The molecule has 2 aliphatic heterocycles. The van der Waals surface area contributed by atoms with Crippen molar-refractivity contribution in [1.29, 1.82) is 0 Å². The molecule has 2 aliphatic rings. The number of rotatable bonds is 3. The number of hydrogen-bond acceptors (Lipinski definition) is 5. The highest BCUT2D eigenvalue weighted by atomic mass is 16.5. The summed E-state index contributed by atoms with van der Waals surface area (Å²) in [5, 5.41) is 0. The topological polar surface area (TPSA) is 48.0 Å². The first kappa shape index (κ1) is 14.5. The molecule has 2 heterocycles. The Labute approximate surface area is 124 Å². The number of carbonyl (C=O) groups is 1. The molecular formula is C16H21NO4. The summed E-state index contributed by atoms with van der Waals surface area (Å²) in [5.41, 5.74) is 1.80. The number of nitrogens with zero attached hydrogens (tertiary/aromatic N) is 1. The minimum Gasteiger partial charge on any atom is -0.465 e. The van der Waals surface area contributed by atoms with Gasteiger partial charge in [0.05, 0.1) is 38.0 Å². The van der Waals surface area contributed by atoms with Crippen LogP contribution >= 0.6 is 0 Å². The van der Waals surface area contributed by atoms with E-state index in [-0.39, 0.29) is 11.5 Å². The molecule has 1 spiro atoms. The Morgan fingerprint density at radius 1 is 1.24 bits per heavy atom. The largest absolute Gasteiger partial charge is 0.465 e. The van der Waals surface area contributed by atoms with E-state index in [0.717, 1.165) is 45.9 Å². The van der Waals surface area contributed by atoms with E-state index >= 15 is 0 Å². The second-order valence-electron chi connectivity index (χ2n) is 5.69. The van der Waals surface area contributed by atoms with E-state index in [1.165, 1.54) is 12.7 Å². The maximum Gasteiger partial charge on any atom is 0.337 e. The molecule has 0 radical (unpaired) electrons. The van der Waals surface area contributed by atoms with Crippen molar-refractivity contribution >= 4 is 5.97 Å². The lowest BCUT2D eigenvalue weighted by Crippen LogP contribution is -2.56. The van der Waals surface area contributed by atoms with E-state index in [1.54, 1.807) is 0 Å². The number of carbonyl (C=O) groups excluding carboxylic acids is 1. The third-order valence-electron chi connectivity index (χ3n) is 4.38. The molecule has 0 aromatic heterocycles. The zero-order chi connectivity index (χ0) is 14.7. The van der Waals surface area contributed by atoms with Crippen LogP contribution in [0.25, 0.3) is 0 Å². The van der Waals surface area contributed by atoms with Crippen molar-refractivity contribution in [3.05, 3.63) is 35.4 Å². The van der Waals surface area contributed by atoms with Crippen LogP contribution < -0.4 is 0 Å². The zero-order valence-electron chi connectivity index (χ0n) is 12.3. The maximum atomic E-state index is 11.5. The second-order valence-corrected chi connectivity index (χ2v) is 5.69. The molecular weight excluding hydrogens is 270 g/mol. The van der Waals surface area contributed by atoms with E-state index in [0.29, 0.717) is 5.56 Å². The molecule has 0 aliphatic carbocycles. The van der Waals surface area contributed by atoms with Gasteiger partial charge in [-0.25, -0.2) is 4.79 Å². The van der Waals surface area contributed by atoms with Crippen LogP contribution in [-0.4, -0.2) is 56.5 Å². The third kappa shape index (κ3) is 2.95. The highest BCUT2D eigenvalue weighted by Crippen LogP contribution is 2.30. The number of ether oxygens (including phenoxy) is 3. The summed E-state index contributed by atoms with van der Waals surface area (Å²) in [6.07, 6.45) is 1.02. The second kappa shape index (κ2) is 6.13. The first-order valence-electron chi connectivity index (χ1n) is 7.31. The third-order valence-corrected chi connectivity index (χ3v) is 4.38. The summed E-state index contributed by atoms with van der Waals surface area (Å²) in [6.45, 7) is 4.83. The van der Waals surface area contributed by atoms with Gasteiger partial charge in [-0.15, -0.1) is 0 Å². The molecule has 3 rings (SSSR count). The molecule has 2 fully saturated rings. The highest BCUT2D eigenvalue weighted by molar-refractivity contribution is 5.89. The predicted molar refractivity (Wildman–Crippen MR) is 77.2 cm³/mol. The Bertz CT molecular complexity index is 494. The van der Waals surface area contributed by atoms with Gasteiger partial charge >= 0.3 is 5.97 Å². The molecule has 1 aromatic carbocycles. The zero-order valence-corrected chi connectivity index (χ0v) is 12.3. The van der Waals surface area contributed by atoms with E-state index in [9.17, 15) is 4.79 Å². The molecule has 1 aromatic rings. The highest BCUT2D eigenvalue weighted by Gasteiger charge is 2.42. The normalized spacial score (nSPS) is 26.1. The average Bonchev–Trinajstić information content (AvgIpc) is 2.99. The number of morpholine rings is 1. The van der Waals surface area contributed by atoms with E-state index < -0.39 is 0 Å². The van der Waals surface area contributed by atoms with Gasteiger partial charge in [-0.2, -0.15) is 0 Å². The minimum atomic E-state index is -0.298. The first-order chi connectivity index (χ1) is 10.2. The fourth-order valence-electron chi connectivity index (χ4n) is 3.06. The summed E-state index contributed by atoms with van der Waals surface area (Å²) in [5.74, 6) is -0.298. The Hall–Kier alpha value is -1.43. The standard InChI is InChI=1S/C16H21NO4/c1-19-15(18)14-4-2-13(3-5-14)10-17-7-9-21-12-16(17)6-8-20-11-16/h2-5H,6-12H2,1H3/t16-/m0/s1. The van der Waals surface area contributed by atoms with Crippen molar-refractivity contribution in [1.82, 2.24) is 4.90 Å². The van der Waals surface area contributed by atoms with Gasteiger partial charge in [0.25, 0.3) is 0 Å². The van der Waals surface area contributed by atoms with Gasteiger partial charge in [0, 0.05) is 19.7 Å². The van der Waals surface area contributed by atoms with Gasteiger partial charge in [-0.3, -0.25) is 4.90 Å². The summed E-state index contributed by atoms with van der Waals surface area (Å²) in [4.78, 5) is 13.9. The average molecular weight is 291 g/mol. The number of hydrogen-bond donors (Lipinski definition) is 0. The smallest absolute Gasteiger partial charge is 0.337 e. The molecule has 0 amide bonds. The lowest BCUT2D eigenvalue weighted by molar-refractivity contribution is -0.0749. The Balaban J connectivity index is 1.71. The summed E-state index contributed by atoms with van der Waals surface area (Å²) in [7, 11) is 1.40. The minimum absolute atomic E-state index is 0.0271. The number of methoxy groups -OCH3 is 1. The summed E-state index contributed by atoms with van der Waals surface area (Å²) < 4.78 is 16.0. The molecule has 5 nitrogen and oxygen atoms in total.